The van der Waals surface area contributed by atoms with Crippen LogP contribution in [-0.4, -0.2) is 35.1 Å². The Bertz CT molecular complexity index is 1190. The maximum absolute atomic E-state index is 13.5. The fraction of sp³-hybridized carbons (Fsp3) is 0.208. The van der Waals surface area contributed by atoms with Crippen LogP contribution < -0.4 is 19.1 Å². The standard InChI is InChI=1S/C24H26N2O5S/c1-17-12-18(2)14-19(13-17)26(32(28,29)21-8-6-5-7-9-21)16-24(27)25-22-11-10-20(30-3)15-23(22)31-4/h5-15H,16H2,1-4H3,(H,25,27). The maximum Gasteiger partial charge on any atom is 0.264 e. The number of hydrogen-bond acceptors (Lipinski definition) is 5. The van der Waals surface area contributed by atoms with Crippen LogP contribution >= 0.6 is 0 Å². The van der Waals surface area contributed by atoms with Gasteiger partial charge >= 0.3 is 0 Å². The number of rotatable bonds is 8. The van der Waals surface area contributed by atoms with E-state index in [0.29, 0.717) is 22.9 Å². The van der Waals surface area contributed by atoms with Crippen molar-refractivity contribution in [1.29, 1.82) is 0 Å². The SMILES string of the molecule is COc1ccc(NC(=O)CN(c2cc(C)cc(C)c2)S(=O)(=O)c2ccccc2)c(OC)c1. The van der Waals surface area contributed by atoms with Crippen LogP contribution in [0.3, 0.4) is 0 Å². The van der Waals surface area contributed by atoms with Gasteiger partial charge in [-0.15, -0.1) is 0 Å². The van der Waals surface area contributed by atoms with Crippen LogP contribution in [0.25, 0.3) is 0 Å². The fourth-order valence-corrected chi connectivity index (χ4v) is 4.78. The molecule has 0 fully saturated rings. The second-order valence-electron chi connectivity index (χ2n) is 7.29. The predicted octanol–water partition coefficient (Wildman–Crippen LogP) is 4.15. The zero-order valence-electron chi connectivity index (χ0n) is 18.5. The molecule has 1 N–H and O–H groups in total. The van der Waals surface area contributed by atoms with E-state index in [1.807, 2.05) is 19.9 Å². The summed E-state index contributed by atoms with van der Waals surface area (Å²) in [5.74, 6) is 0.470. The first-order valence-corrected chi connectivity index (χ1v) is 11.4. The van der Waals surface area contributed by atoms with Gasteiger partial charge in [-0.2, -0.15) is 0 Å². The van der Waals surface area contributed by atoms with E-state index in [2.05, 4.69) is 5.32 Å². The predicted molar refractivity (Wildman–Crippen MR) is 125 cm³/mol. The van der Waals surface area contributed by atoms with Crippen molar-refractivity contribution in [2.75, 3.05) is 30.4 Å². The maximum atomic E-state index is 13.5. The molecule has 0 radical (unpaired) electrons. The van der Waals surface area contributed by atoms with E-state index in [9.17, 15) is 13.2 Å². The van der Waals surface area contributed by atoms with Crippen LogP contribution in [0.1, 0.15) is 11.1 Å². The number of carbonyl (C=O) groups excluding carboxylic acids is 1. The quantitative estimate of drug-likeness (QED) is 0.553. The number of aryl methyl sites for hydroxylation is 2. The normalized spacial score (nSPS) is 11.0. The zero-order chi connectivity index (χ0) is 23.3. The largest absolute Gasteiger partial charge is 0.497 e. The molecule has 8 heteroatoms. The van der Waals surface area contributed by atoms with Crippen molar-refractivity contribution >= 4 is 27.3 Å². The number of sulfonamides is 1. The lowest BCUT2D eigenvalue weighted by atomic mass is 10.1. The Morgan fingerprint density at radius 3 is 2.16 bits per heavy atom. The number of carbonyl (C=O) groups is 1. The van der Waals surface area contributed by atoms with Crippen LogP contribution in [0.4, 0.5) is 11.4 Å². The number of benzene rings is 3. The second-order valence-corrected chi connectivity index (χ2v) is 9.15. The van der Waals surface area contributed by atoms with Gasteiger partial charge in [-0.25, -0.2) is 8.42 Å². The first-order chi connectivity index (χ1) is 15.2. The van der Waals surface area contributed by atoms with E-state index in [4.69, 9.17) is 9.47 Å². The Labute approximate surface area is 188 Å². The molecule has 3 aromatic carbocycles. The number of nitrogens with one attached hydrogen (secondary N) is 1. The molecule has 0 heterocycles. The lowest BCUT2D eigenvalue weighted by Crippen LogP contribution is -2.38. The van der Waals surface area contributed by atoms with Crippen LogP contribution in [-0.2, 0) is 14.8 Å². The van der Waals surface area contributed by atoms with Gasteiger partial charge in [0.15, 0.2) is 0 Å². The summed E-state index contributed by atoms with van der Waals surface area (Å²) in [6, 6.07) is 18.4. The smallest absolute Gasteiger partial charge is 0.264 e. The summed E-state index contributed by atoms with van der Waals surface area (Å²) in [4.78, 5) is 13.1. The van der Waals surface area contributed by atoms with E-state index in [-0.39, 0.29) is 4.90 Å². The van der Waals surface area contributed by atoms with Gasteiger partial charge in [-0.05, 0) is 61.4 Å². The molecular weight excluding hydrogens is 428 g/mol. The minimum absolute atomic E-state index is 0.106. The van der Waals surface area contributed by atoms with Crippen molar-refractivity contribution in [1.82, 2.24) is 0 Å². The third-order valence-corrected chi connectivity index (χ3v) is 6.58. The molecule has 0 aliphatic carbocycles. The lowest BCUT2D eigenvalue weighted by molar-refractivity contribution is -0.114. The van der Waals surface area contributed by atoms with Crippen LogP contribution in [0.2, 0.25) is 0 Å². The van der Waals surface area contributed by atoms with Gasteiger partial charge in [0.25, 0.3) is 10.0 Å². The van der Waals surface area contributed by atoms with E-state index in [1.54, 1.807) is 48.5 Å². The molecular formula is C24H26N2O5S. The topological polar surface area (TPSA) is 84.9 Å². The van der Waals surface area contributed by atoms with Crippen molar-refractivity contribution in [3.63, 3.8) is 0 Å². The third kappa shape index (κ3) is 5.20. The van der Waals surface area contributed by atoms with Gasteiger partial charge in [0.1, 0.15) is 18.0 Å². The molecule has 0 saturated heterocycles. The summed E-state index contributed by atoms with van der Waals surface area (Å²) in [6.45, 7) is 3.35. The number of hydrogen-bond donors (Lipinski definition) is 1. The van der Waals surface area contributed by atoms with E-state index in [0.717, 1.165) is 15.4 Å². The first-order valence-electron chi connectivity index (χ1n) is 9.92. The van der Waals surface area contributed by atoms with Crippen LogP contribution in [0, 0.1) is 13.8 Å². The molecule has 0 atom stereocenters. The van der Waals surface area contributed by atoms with E-state index < -0.39 is 22.5 Å². The number of amides is 1. The summed E-state index contributed by atoms with van der Waals surface area (Å²) in [6.07, 6.45) is 0. The molecule has 168 valence electrons. The lowest BCUT2D eigenvalue weighted by Gasteiger charge is -2.25. The van der Waals surface area contributed by atoms with Gasteiger partial charge in [0.2, 0.25) is 5.91 Å². The number of anilines is 2. The highest BCUT2D eigenvalue weighted by molar-refractivity contribution is 7.92. The highest BCUT2D eigenvalue weighted by Crippen LogP contribution is 2.30. The highest BCUT2D eigenvalue weighted by Gasteiger charge is 2.27. The molecule has 0 aromatic heterocycles. The molecule has 3 aromatic rings. The average Bonchev–Trinajstić information content (AvgIpc) is 2.77. The molecule has 0 spiro atoms. The Morgan fingerprint density at radius 2 is 1.56 bits per heavy atom. The van der Waals surface area contributed by atoms with Crippen molar-refractivity contribution in [2.24, 2.45) is 0 Å². The fourth-order valence-electron chi connectivity index (χ4n) is 3.35. The molecule has 7 nitrogen and oxygen atoms in total. The minimum Gasteiger partial charge on any atom is -0.497 e. The highest BCUT2D eigenvalue weighted by atomic mass is 32.2. The molecule has 0 aliphatic heterocycles. The summed E-state index contributed by atoms with van der Waals surface area (Å²) >= 11 is 0. The van der Waals surface area contributed by atoms with Gasteiger partial charge in [-0.3, -0.25) is 9.10 Å². The molecule has 0 saturated carbocycles. The van der Waals surface area contributed by atoms with Crippen molar-refractivity contribution in [3.05, 3.63) is 77.9 Å². The number of nitrogens with zero attached hydrogens (tertiary/aromatic N) is 1. The first kappa shape index (κ1) is 23.1. The Morgan fingerprint density at radius 1 is 0.906 bits per heavy atom. The molecule has 3 rings (SSSR count). The van der Waals surface area contributed by atoms with Crippen molar-refractivity contribution in [2.45, 2.75) is 18.7 Å². The molecule has 32 heavy (non-hydrogen) atoms. The third-order valence-electron chi connectivity index (χ3n) is 4.80. The summed E-state index contributed by atoms with van der Waals surface area (Å²) in [7, 11) is -0.971. The van der Waals surface area contributed by atoms with Gasteiger partial charge in [0.05, 0.1) is 30.5 Å². The number of ether oxygens (including phenoxy) is 2. The molecule has 0 bridgehead atoms. The van der Waals surface area contributed by atoms with E-state index >= 15 is 0 Å². The van der Waals surface area contributed by atoms with E-state index in [1.165, 1.54) is 26.4 Å². The second kappa shape index (κ2) is 9.74. The molecule has 0 unspecified atom stereocenters. The van der Waals surface area contributed by atoms with Gasteiger partial charge in [-0.1, -0.05) is 24.3 Å². The average molecular weight is 455 g/mol. The monoisotopic (exact) mass is 454 g/mol. The number of methoxy groups -OCH3 is 2. The van der Waals surface area contributed by atoms with Gasteiger partial charge in [0, 0.05) is 6.07 Å². The minimum atomic E-state index is -3.98. The van der Waals surface area contributed by atoms with Crippen molar-refractivity contribution < 1.29 is 22.7 Å². The Hall–Kier alpha value is -3.52. The summed E-state index contributed by atoms with van der Waals surface area (Å²) in [5, 5.41) is 2.74. The Balaban J connectivity index is 1.97. The Kier molecular flexibility index (Phi) is 7.05. The summed E-state index contributed by atoms with van der Waals surface area (Å²) < 4.78 is 38.5. The molecule has 1 amide bonds. The van der Waals surface area contributed by atoms with Gasteiger partial charge < -0.3 is 14.8 Å². The van der Waals surface area contributed by atoms with Crippen LogP contribution in [0.5, 0.6) is 11.5 Å². The zero-order valence-corrected chi connectivity index (χ0v) is 19.3. The van der Waals surface area contributed by atoms with Crippen molar-refractivity contribution in [3.8, 4) is 11.5 Å². The van der Waals surface area contributed by atoms with Crippen LogP contribution in [0.15, 0.2) is 71.6 Å². The summed E-state index contributed by atoms with van der Waals surface area (Å²) in [5.41, 5.74) is 2.62. The molecule has 0 aliphatic rings.